The number of hydrogen-bond donors (Lipinski definition) is 0. The van der Waals surface area contributed by atoms with Gasteiger partial charge in [-0.05, 0) is 52.4 Å². The minimum atomic E-state index is -0.326. The number of ether oxygens (including phenoxy) is 2. The van der Waals surface area contributed by atoms with E-state index < -0.39 is 0 Å². The van der Waals surface area contributed by atoms with Crippen molar-refractivity contribution in [1.82, 2.24) is 0 Å². The second kappa shape index (κ2) is 13.2. The lowest BCUT2D eigenvalue weighted by atomic mass is 9.79. The van der Waals surface area contributed by atoms with Crippen molar-refractivity contribution in [3.05, 3.63) is 0 Å². The lowest BCUT2D eigenvalue weighted by Crippen LogP contribution is -2.37. The molecule has 1 fully saturated rings. The quantitative estimate of drug-likeness (QED) is 0.322. The van der Waals surface area contributed by atoms with Crippen molar-refractivity contribution < 1.29 is 19.1 Å². The first-order valence-electron chi connectivity index (χ1n) is 10.9. The van der Waals surface area contributed by atoms with Crippen LogP contribution < -0.4 is 0 Å². The van der Waals surface area contributed by atoms with Gasteiger partial charge in [-0.2, -0.15) is 0 Å². The van der Waals surface area contributed by atoms with E-state index in [4.69, 9.17) is 9.47 Å². The van der Waals surface area contributed by atoms with Gasteiger partial charge in [0, 0.05) is 0 Å². The Labute approximate surface area is 160 Å². The van der Waals surface area contributed by atoms with Gasteiger partial charge in [0.1, 0.15) is 0 Å². The summed E-state index contributed by atoms with van der Waals surface area (Å²) < 4.78 is 11.3. The summed E-state index contributed by atoms with van der Waals surface area (Å²) in [6.45, 7) is 8.25. The van der Waals surface area contributed by atoms with Crippen molar-refractivity contribution >= 4 is 11.9 Å². The predicted molar refractivity (Wildman–Crippen MR) is 105 cm³/mol. The molecule has 4 atom stereocenters. The van der Waals surface area contributed by atoms with E-state index in [1.165, 1.54) is 0 Å². The second-order valence-corrected chi connectivity index (χ2v) is 7.98. The molecule has 1 aliphatic rings. The average molecular weight is 369 g/mol. The second-order valence-electron chi connectivity index (χ2n) is 7.98. The van der Waals surface area contributed by atoms with Crippen molar-refractivity contribution in [2.75, 3.05) is 0 Å². The molecular weight excluding hydrogens is 328 g/mol. The topological polar surface area (TPSA) is 52.6 Å². The van der Waals surface area contributed by atoms with Crippen LogP contribution in [-0.4, -0.2) is 24.1 Å². The largest absolute Gasteiger partial charge is 0.462 e. The maximum atomic E-state index is 12.6. The first-order valence-corrected chi connectivity index (χ1v) is 10.9. The Balaban J connectivity index is 2.51. The molecule has 0 saturated heterocycles. The molecule has 1 rings (SSSR count). The van der Waals surface area contributed by atoms with Crippen LogP contribution in [0.3, 0.4) is 0 Å². The highest BCUT2D eigenvalue weighted by Gasteiger charge is 2.38. The summed E-state index contributed by atoms with van der Waals surface area (Å²) in [6, 6.07) is 0. The molecule has 1 aliphatic carbocycles. The van der Waals surface area contributed by atoms with Crippen molar-refractivity contribution in [2.24, 2.45) is 11.8 Å². The van der Waals surface area contributed by atoms with Crippen LogP contribution in [0.2, 0.25) is 0 Å². The van der Waals surface area contributed by atoms with Crippen molar-refractivity contribution in [2.45, 2.75) is 117 Å². The molecule has 0 heterocycles. The maximum absolute atomic E-state index is 12.6. The summed E-state index contributed by atoms with van der Waals surface area (Å²) in [6.07, 6.45) is 11.9. The predicted octanol–water partition coefficient (Wildman–Crippen LogP) is 5.82. The number of hydrogen-bond acceptors (Lipinski definition) is 4. The first-order chi connectivity index (χ1) is 12.5. The number of carbonyl (C=O) groups is 2. The zero-order valence-electron chi connectivity index (χ0n) is 17.4. The SMILES string of the molecule is CCCCCC(C)OC(=O)C1CCCCC1C(=O)OC(C)CCCCC. The lowest BCUT2D eigenvalue weighted by molar-refractivity contribution is -0.168. The maximum Gasteiger partial charge on any atom is 0.310 e. The van der Waals surface area contributed by atoms with Crippen molar-refractivity contribution in [3.8, 4) is 0 Å². The van der Waals surface area contributed by atoms with Crippen LogP contribution in [0.15, 0.2) is 0 Å². The minimum Gasteiger partial charge on any atom is -0.462 e. The van der Waals surface area contributed by atoms with E-state index in [1.54, 1.807) is 0 Å². The normalized spacial score (nSPS) is 22.5. The minimum absolute atomic E-state index is 0.0689. The highest BCUT2D eigenvalue weighted by Crippen LogP contribution is 2.33. The van der Waals surface area contributed by atoms with Crippen molar-refractivity contribution in [3.63, 3.8) is 0 Å². The zero-order chi connectivity index (χ0) is 19.4. The van der Waals surface area contributed by atoms with Gasteiger partial charge in [0.15, 0.2) is 0 Å². The van der Waals surface area contributed by atoms with E-state index in [0.717, 1.165) is 77.0 Å². The van der Waals surface area contributed by atoms with E-state index >= 15 is 0 Å². The van der Waals surface area contributed by atoms with Crippen LogP contribution in [0, 0.1) is 11.8 Å². The molecule has 4 heteroatoms. The Morgan fingerprint density at radius 2 is 1.15 bits per heavy atom. The van der Waals surface area contributed by atoms with Crippen LogP contribution in [-0.2, 0) is 19.1 Å². The fraction of sp³-hybridized carbons (Fsp3) is 0.909. The monoisotopic (exact) mass is 368 g/mol. The lowest BCUT2D eigenvalue weighted by Gasteiger charge is -2.30. The molecule has 0 aliphatic heterocycles. The summed E-state index contributed by atoms with van der Waals surface area (Å²) >= 11 is 0. The van der Waals surface area contributed by atoms with Gasteiger partial charge in [-0.1, -0.05) is 52.4 Å². The highest BCUT2D eigenvalue weighted by molar-refractivity contribution is 5.82. The molecule has 0 radical (unpaired) electrons. The third kappa shape index (κ3) is 8.55. The van der Waals surface area contributed by atoms with E-state index in [9.17, 15) is 9.59 Å². The molecule has 0 N–H and O–H groups in total. The summed E-state index contributed by atoms with van der Waals surface area (Å²) in [4.78, 5) is 25.2. The summed E-state index contributed by atoms with van der Waals surface area (Å²) in [5.41, 5.74) is 0. The Hall–Kier alpha value is -1.06. The Bertz CT molecular complexity index is 369. The van der Waals surface area contributed by atoms with Crippen LogP contribution in [0.5, 0.6) is 0 Å². The third-order valence-corrected chi connectivity index (χ3v) is 5.43. The molecule has 1 saturated carbocycles. The number of carbonyl (C=O) groups excluding carboxylic acids is 2. The number of rotatable bonds is 12. The van der Waals surface area contributed by atoms with E-state index in [1.807, 2.05) is 13.8 Å². The van der Waals surface area contributed by atoms with Gasteiger partial charge in [-0.3, -0.25) is 9.59 Å². The van der Waals surface area contributed by atoms with Gasteiger partial charge in [-0.15, -0.1) is 0 Å². The third-order valence-electron chi connectivity index (χ3n) is 5.43. The molecule has 0 aromatic rings. The molecule has 0 aromatic carbocycles. The molecule has 152 valence electrons. The molecule has 0 amide bonds. The average Bonchev–Trinajstić information content (AvgIpc) is 2.62. The number of esters is 2. The fourth-order valence-corrected chi connectivity index (χ4v) is 3.75. The fourth-order valence-electron chi connectivity index (χ4n) is 3.75. The first kappa shape index (κ1) is 23.0. The van der Waals surface area contributed by atoms with Crippen LogP contribution >= 0.6 is 0 Å². The van der Waals surface area contributed by atoms with Gasteiger partial charge >= 0.3 is 11.9 Å². The molecule has 0 bridgehead atoms. The molecular formula is C22H40O4. The van der Waals surface area contributed by atoms with E-state index in [-0.39, 0.29) is 36.0 Å². The summed E-state index contributed by atoms with van der Waals surface area (Å²) in [7, 11) is 0. The smallest absolute Gasteiger partial charge is 0.310 e. The van der Waals surface area contributed by atoms with Gasteiger partial charge < -0.3 is 9.47 Å². The van der Waals surface area contributed by atoms with Gasteiger partial charge in [0.25, 0.3) is 0 Å². The van der Waals surface area contributed by atoms with E-state index in [2.05, 4.69) is 13.8 Å². The van der Waals surface area contributed by atoms with Crippen LogP contribution in [0.25, 0.3) is 0 Å². The van der Waals surface area contributed by atoms with Crippen molar-refractivity contribution in [1.29, 1.82) is 0 Å². The Morgan fingerprint density at radius 3 is 1.50 bits per heavy atom. The van der Waals surface area contributed by atoms with Gasteiger partial charge in [0.05, 0.1) is 24.0 Å². The van der Waals surface area contributed by atoms with Crippen LogP contribution in [0.4, 0.5) is 0 Å². The Morgan fingerprint density at radius 1 is 0.769 bits per heavy atom. The molecule has 4 nitrogen and oxygen atoms in total. The molecule has 0 aromatic heterocycles. The zero-order valence-corrected chi connectivity index (χ0v) is 17.4. The number of unbranched alkanes of at least 4 members (excludes halogenated alkanes) is 4. The summed E-state index contributed by atoms with van der Waals surface area (Å²) in [5, 5.41) is 0. The van der Waals surface area contributed by atoms with Gasteiger partial charge in [-0.25, -0.2) is 0 Å². The highest BCUT2D eigenvalue weighted by atomic mass is 16.6. The molecule has 4 unspecified atom stereocenters. The Kier molecular flexibility index (Phi) is 11.6. The van der Waals surface area contributed by atoms with Gasteiger partial charge in [0.2, 0.25) is 0 Å². The van der Waals surface area contributed by atoms with Crippen LogP contribution in [0.1, 0.15) is 105 Å². The standard InChI is InChI=1S/C22H40O4/c1-5-7-9-13-17(3)25-21(23)19-15-11-12-16-20(19)22(24)26-18(4)14-10-8-6-2/h17-20H,5-16H2,1-4H3. The molecule has 26 heavy (non-hydrogen) atoms. The molecule has 0 spiro atoms. The summed E-state index contributed by atoms with van der Waals surface area (Å²) in [5.74, 6) is -1.05. The van der Waals surface area contributed by atoms with E-state index in [0.29, 0.717) is 0 Å².